The van der Waals surface area contributed by atoms with E-state index in [1.54, 1.807) is 0 Å². The third-order valence-corrected chi connectivity index (χ3v) is 13.1. The van der Waals surface area contributed by atoms with Gasteiger partial charge in [0.25, 0.3) is 0 Å². The van der Waals surface area contributed by atoms with Gasteiger partial charge in [-0.05, 0) is 93.0 Å². The van der Waals surface area contributed by atoms with E-state index in [1.807, 2.05) is 24.3 Å². The lowest BCUT2D eigenvalue weighted by molar-refractivity contribution is 0.669. The minimum absolute atomic E-state index is 0.567. The Balaban J connectivity index is 1.01. The summed E-state index contributed by atoms with van der Waals surface area (Å²) in [7, 11) is 0. The van der Waals surface area contributed by atoms with Crippen LogP contribution < -0.4 is 0 Å². The second-order valence-corrected chi connectivity index (χ2v) is 17.2. The summed E-state index contributed by atoms with van der Waals surface area (Å²) in [4.78, 5) is 15.8. The van der Waals surface area contributed by atoms with E-state index in [4.69, 9.17) is 19.4 Å². The number of nitrogens with zero attached hydrogens (tertiary/aromatic N) is 4. The minimum Gasteiger partial charge on any atom is -0.456 e. The Morgan fingerprint density at radius 3 is 1.41 bits per heavy atom. The van der Waals surface area contributed by atoms with Gasteiger partial charge < -0.3 is 8.98 Å². The van der Waals surface area contributed by atoms with E-state index in [1.165, 1.54) is 16.7 Å². The van der Waals surface area contributed by atoms with E-state index in [9.17, 15) is 0 Å². The maximum Gasteiger partial charge on any atom is 0.164 e. The molecule has 318 valence electrons. The molecule has 0 saturated carbocycles. The summed E-state index contributed by atoms with van der Waals surface area (Å²) in [5, 5.41) is 4.26. The molecule has 3 heterocycles. The van der Waals surface area contributed by atoms with Crippen molar-refractivity contribution in [2.75, 3.05) is 0 Å². The first-order chi connectivity index (χ1) is 33.7. The van der Waals surface area contributed by atoms with Crippen molar-refractivity contribution in [1.29, 1.82) is 0 Å². The highest BCUT2D eigenvalue weighted by atomic mass is 16.3. The smallest absolute Gasteiger partial charge is 0.164 e. The first kappa shape index (κ1) is 39.2. The second-order valence-electron chi connectivity index (χ2n) is 17.2. The summed E-state index contributed by atoms with van der Waals surface area (Å²) in [6.45, 7) is 0. The van der Waals surface area contributed by atoms with E-state index in [-0.39, 0.29) is 0 Å². The highest BCUT2D eigenvalue weighted by molar-refractivity contribution is 6.26. The van der Waals surface area contributed by atoms with Crippen LogP contribution in [0.2, 0.25) is 0 Å². The van der Waals surface area contributed by atoms with E-state index in [0.717, 1.165) is 93.9 Å². The molecule has 0 aliphatic carbocycles. The first-order valence-electron chi connectivity index (χ1n) is 22.9. The standard InChI is InChI=1S/C63H40N4O/c1-4-15-41(16-5-1)44-29-31-46(32-30-44)61-64-62(50-24-13-23-49(40-50)43-19-8-3-9-20-43)66-63(65-61)54-26-14-28-56-58(54)59-57(68-56)38-37-53-52-25-10-11-27-55(52)67(60(53)59)51-35-33-45(34-36-51)48-22-12-21-47(39-48)42-17-6-2-7-18-42/h1-40H. The lowest BCUT2D eigenvalue weighted by Crippen LogP contribution is -2.01. The van der Waals surface area contributed by atoms with Gasteiger partial charge in [-0.2, -0.15) is 0 Å². The van der Waals surface area contributed by atoms with Crippen molar-refractivity contribution in [3.05, 3.63) is 243 Å². The summed E-state index contributed by atoms with van der Waals surface area (Å²) in [6, 6.07) is 85.1. The lowest BCUT2D eigenvalue weighted by Gasteiger charge is -2.12. The molecule has 0 aliphatic rings. The summed E-state index contributed by atoms with van der Waals surface area (Å²) in [6.07, 6.45) is 0. The number of hydrogen-bond donors (Lipinski definition) is 0. The highest BCUT2D eigenvalue weighted by Gasteiger charge is 2.23. The molecule has 0 N–H and O–H groups in total. The molecule has 0 spiro atoms. The number of furan rings is 1. The van der Waals surface area contributed by atoms with Crippen molar-refractivity contribution >= 4 is 43.7 Å². The van der Waals surface area contributed by atoms with Gasteiger partial charge in [0.2, 0.25) is 0 Å². The molecule has 5 nitrogen and oxygen atoms in total. The molecule has 68 heavy (non-hydrogen) atoms. The lowest BCUT2D eigenvalue weighted by atomic mass is 9.99. The van der Waals surface area contributed by atoms with Crippen molar-refractivity contribution in [2.24, 2.45) is 0 Å². The molecule has 10 aromatic carbocycles. The van der Waals surface area contributed by atoms with Crippen molar-refractivity contribution in [2.45, 2.75) is 0 Å². The topological polar surface area (TPSA) is 56.7 Å². The maximum atomic E-state index is 6.80. The van der Waals surface area contributed by atoms with Crippen molar-refractivity contribution in [3.63, 3.8) is 0 Å². The van der Waals surface area contributed by atoms with Crippen LogP contribution in [0, 0.1) is 0 Å². The minimum atomic E-state index is 0.567. The van der Waals surface area contributed by atoms with Gasteiger partial charge >= 0.3 is 0 Å². The van der Waals surface area contributed by atoms with Gasteiger partial charge in [0.15, 0.2) is 17.5 Å². The van der Waals surface area contributed by atoms with Crippen LogP contribution in [0.1, 0.15) is 0 Å². The second kappa shape index (κ2) is 16.4. The molecule has 0 radical (unpaired) electrons. The molecular weight excluding hydrogens is 829 g/mol. The largest absolute Gasteiger partial charge is 0.456 e. The molecule has 0 bridgehead atoms. The van der Waals surface area contributed by atoms with Crippen LogP contribution in [-0.2, 0) is 0 Å². The van der Waals surface area contributed by atoms with Gasteiger partial charge in [-0.3, -0.25) is 0 Å². The van der Waals surface area contributed by atoms with Crippen LogP contribution in [0.5, 0.6) is 0 Å². The average Bonchev–Trinajstić information content (AvgIpc) is 3.98. The van der Waals surface area contributed by atoms with Crippen molar-refractivity contribution < 1.29 is 4.42 Å². The Kier molecular flexibility index (Phi) is 9.43. The number of para-hydroxylation sites is 1. The fourth-order valence-electron chi connectivity index (χ4n) is 9.79. The molecule has 0 amide bonds. The number of fused-ring (bicyclic) bond motifs is 7. The van der Waals surface area contributed by atoms with Crippen LogP contribution in [0.4, 0.5) is 0 Å². The predicted octanol–water partition coefficient (Wildman–Crippen LogP) is 16.5. The van der Waals surface area contributed by atoms with Crippen LogP contribution in [0.15, 0.2) is 247 Å². The Morgan fingerprint density at radius 1 is 0.294 bits per heavy atom. The third-order valence-electron chi connectivity index (χ3n) is 13.1. The zero-order chi connectivity index (χ0) is 45.0. The SMILES string of the molecule is c1ccc(-c2ccc(-c3nc(-c4cccc(-c5ccccc5)c4)nc(-c4cccc5oc6ccc7c8ccccc8n(-c8ccc(-c9cccc(-c%10ccccc%10)c9)cc8)c7c6c45)n3)cc2)cc1. The van der Waals surface area contributed by atoms with Gasteiger partial charge in [0, 0.05) is 38.5 Å². The molecule has 13 rings (SSSR count). The van der Waals surface area contributed by atoms with Gasteiger partial charge in [0.1, 0.15) is 11.2 Å². The Hall–Kier alpha value is -9.19. The maximum absolute atomic E-state index is 6.80. The van der Waals surface area contributed by atoms with Crippen LogP contribution >= 0.6 is 0 Å². The van der Waals surface area contributed by atoms with E-state index in [2.05, 4.69) is 223 Å². The van der Waals surface area contributed by atoms with Crippen molar-refractivity contribution in [1.82, 2.24) is 19.5 Å². The predicted molar refractivity (Wildman–Crippen MR) is 279 cm³/mol. The molecule has 0 unspecified atom stereocenters. The Morgan fingerprint density at radius 2 is 0.750 bits per heavy atom. The van der Waals surface area contributed by atoms with Gasteiger partial charge in [0.05, 0.1) is 16.4 Å². The van der Waals surface area contributed by atoms with Gasteiger partial charge in [-0.25, -0.2) is 15.0 Å². The molecule has 5 heteroatoms. The molecule has 0 fully saturated rings. The number of aromatic nitrogens is 4. The highest BCUT2D eigenvalue weighted by Crippen LogP contribution is 2.44. The van der Waals surface area contributed by atoms with Crippen LogP contribution in [0.25, 0.3) is 128 Å². The summed E-state index contributed by atoms with van der Waals surface area (Å²) >= 11 is 0. The van der Waals surface area contributed by atoms with Gasteiger partial charge in [-0.1, -0.05) is 194 Å². The summed E-state index contributed by atoms with van der Waals surface area (Å²) in [5.74, 6) is 1.75. The fourth-order valence-corrected chi connectivity index (χ4v) is 9.79. The van der Waals surface area contributed by atoms with E-state index >= 15 is 0 Å². The number of hydrogen-bond acceptors (Lipinski definition) is 4. The van der Waals surface area contributed by atoms with Gasteiger partial charge in [-0.15, -0.1) is 0 Å². The zero-order valence-electron chi connectivity index (χ0n) is 36.8. The van der Waals surface area contributed by atoms with E-state index in [0.29, 0.717) is 17.5 Å². The third kappa shape index (κ3) is 6.84. The summed E-state index contributed by atoms with van der Waals surface area (Å²) in [5.41, 5.74) is 16.7. The molecule has 13 aromatic rings. The van der Waals surface area contributed by atoms with Crippen molar-refractivity contribution in [3.8, 4) is 84.4 Å². The molecular formula is C63H40N4O. The monoisotopic (exact) mass is 868 g/mol. The Bertz CT molecular complexity index is 3990. The van der Waals surface area contributed by atoms with Crippen LogP contribution in [-0.4, -0.2) is 19.5 Å². The quantitative estimate of drug-likeness (QED) is 0.153. The molecule has 0 aliphatic heterocycles. The fraction of sp³-hybridized carbons (Fsp3) is 0. The van der Waals surface area contributed by atoms with Crippen LogP contribution in [0.3, 0.4) is 0 Å². The molecule has 0 atom stereocenters. The van der Waals surface area contributed by atoms with E-state index < -0.39 is 0 Å². The number of benzene rings is 10. The number of rotatable bonds is 8. The first-order valence-corrected chi connectivity index (χ1v) is 22.9. The normalized spacial score (nSPS) is 11.5. The zero-order valence-corrected chi connectivity index (χ0v) is 36.8. The Labute approximate surface area is 392 Å². The summed E-state index contributed by atoms with van der Waals surface area (Å²) < 4.78 is 9.18. The molecule has 0 saturated heterocycles. The molecule has 3 aromatic heterocycles. The average molecular weight is 869 g/mol.